The van der Waals surface area contributed by atoms with E-state index in [2.05, 4.69) is 5.43 Å². The molecule has 0 bridgehead atoms. The van der Waals surface area contributed by atoms with Crippen LogP contribution in [0.3, 0.4) is 0 Å². The number of hydrogen-bond acceptors (Lipinski definition) is 5. The Labute approximate surface area is 159 Å². The molecule has 0 aromatic heterocycles. The van der Waals surface area contributed by atoms with Gasteiger partial charge in [-0.1, -0.05) is 0 Å². The average molecular weight is 417 g/mol. The molecule has 0 aliphatic rings. The third kappa shape index (κ3) is 5.67. The predicted molar refractivity (Wildman–Crippen MR) is 90.8 cm³/mol. The van der Waals surface area contributed by atoms with Crippen LogP contribution in [0.1, 0.15) is 15.9 Å². The first-order valence-corrected chi connectivity index (χ1v) is 8.39. The summed E-state index contributed by atoms with van der Waals surface area (Å²) in [6.07, 6.45) is -4.74. The standard InChI is InChI=1S/C16H11F4N3O4S/c17-11-4-1-9(2-5-11)15(25)22-21-14(24)8-28-13-6-3-10(16(18,19)20)7-12(13)23(26)27/h1-7H,8H2,(H,21,24)(H,22,25). The minimum Gasteiger partial charge on any atom is -0.272 e. The molecule has 0 radical (unpaired) electrons. The smallest absolute Gasteiger partial charge is 0.272 e. The van der Waals surface area contributed by atoms with Crippen molar-refractivity contribution in [2.75, 3.05) is 5.75 Å². The Bertz CT molecular complexity index is 904. The largest absolute Gasteiger partial charge is 0.416 e. The van der Waals surface area contributed by atoms with Crippen LogP contribution in [0.5, 0.6) is 0 Å². The Morgan fingerprint density at radius 1 is 1.07 bits per heavy atom. The Kier molecular flexibility index (Phi) is 6.57. The highest BCUT2D eigenvalue weighted by Gasteiger charge is 2.33. The zero-order valence-corrected chi connectivity index (χ0v) is 14.6. The van der Waals surface area contributed by atoms with Crippen LogP contribution in [-0.2, 0) is 11.0 Å². The van der Waals surface area contributed by atoms with Crippen LogP contribution < -0.4 is 10.9 Å². The number of alkyl halides is 3. The van der Waals surface area contributed by atoms with E-state index in [9.17, 15) is 37.3 Å². The van der Waals surface area contributed by atoms with E-state index in [1.807, 2.05) is 5.43 Å². The van der Waals surface area contributed by atoms with Gasteiger partial charge in [-0.3, -0.25) is 30.6 Å². The van der Waals surface area contributed by atoms with Crippen molar-refractivity contribution in [1.82, 2.24) is 10.9 Å². The maximum atomic E-state index is 12.8. The van der Waals surface area contributed by atoms with Gasteiger partial charge in [0.2, 0.25) is 5.91 Å². The van der Waals surface area contributed by atoms with Crippen molar-refractivity contribution in [3.05, 3.63) is 69.5 Å². The van der Waals surface area contributed by atoms with Crippen LogP contribution in [0, 0.1) is 15.9 Å². The van der Waals surface area contributed by atoms with Crippen molar-refractivity contribution >= 4 is 29.3 Å². The summed E-state index contributed by atoms with van der Waals surface area (Å²) in [5.74, 6) is -2.43. The molecule has 2 aromatic carbocycles. The van der Waals surface area contributed by atoms with Crippen LogP contribution in [0.4, 0.5) is 23.2 Å². The fourth-order valence-electron chi connectivity index (χ4n) is 1.94. The lowest BCUT2D eigenvalue weighted by molar-refractivity contribution is -0.388. The van der Waals surface area contributed by atoms with E-state index in [0.717, 1.165) is 18.2 Å². The van der Waals surface area contributed by atoms with Crippen molar-refractivity contribution in [1.29, 1.82) is 0 Å². The van der Waals surface area contributed by atoms with Crippen molar-refractivity contribution in [3.63, 3.8) is 0 Å². The summed E-state index contributed by atoms with van der Waals surface area (Å²) in [4.78, 5) is 33.4. The number of carbonyl (C=O) groups excluding carboxylic acids is 2. The molecule has 2 rings (SSSR count). The molecule has 0 aliphatic carbocycles. The number of hydrazine groups is 1. The number of benzene rings is 2. The number of nitrogens with zero attached hydrogens (tertiary/aromatic N) is 1. The molecule has 0 fully saturated rings. The highest BCUT2D eigenvalue weighted by molar-refractivity contribution is 8.00. The molecule has 28 heavy (non-hydrogen) atoms. The normalized spacial score (nSPS) is 11.0. The fourth-order valence-corrected chi connectivity index (χ4v) is 2.74. The highest BCUT2D eigenvalue weighted by Crippen LogP contribution is 2.36. The van der Waals surface area contributed by atoms with Crippen LogP contribution in [0.15, 0.2) is 47.4 Å². The number of nitro groups is 1. The molecule has 7 nitrogen and oxygen atoms in total. The Hall–Kier alpha value is -3.15. The summed E-state index contributed by atoms with van der Waals surface area (Å²) < 4.78 is 50.8. The first-order chi connectivity index (χ1) is 13.1. The number of thioether (sulfide) groups is 1. The molecule has 2 aromatic rings. The predicted octanol–water partition coefficient (Wildman–Crippen LogP) is 3.31. The summed E-state index contributed by atoms with van der Waals surface area (Å²) in [7, 11) is 0. The molecular formula is C16H11F4N3O4S. The SMILES string of the molecule is O=C(CSc1ccc(C(F)(F)F)cc1[N+](=O)[O-])NNC(=O)c1ccc(F)cc1. The number of amides is 2. The fraction of sp³-hybridized carbons (Fsp3) is 0.125. The van der Waals surface area contributed by atoms with Crippen molar-refractivity contribution in [2.45, 2.75) is 11.1 Å². The summed E-state index contributed by atoms with van der Waals surface area (Å²) in [5.41, 5.74) is 2.22. The number of nitro benzene ring substituents is 1. The maximum absolute atomic E-state index is 12.8. The molecular weight excluding hydrogens is 406 g/mol. The summed E-state index contributed by atoms with van der Waals surface area (Å²) in [6.45, 7) is 0. The van der Waals surface area contributed by atoms with Crippen molar-refractivity contribution in [3.8, 4) is 0 Å². The van der Waals surface area contributed by atoms with Gasteiger partial charge in [-0.05, 0) is 36.4 Å². The monoisotopic (exact) mass is 417 g/mol. The van der Waals surface area contributed by atoms with Gasteiger partial charge in [-0.15, -0.1) is 11.8 Å². The minimum absolute atomic E-state index is 0.0766. The van der Waals surface area contributed by atoms with Gasteiger partial charge in [0.1, 0.15) is 5.82 Å². The Balaban J connectivity index is 1.96. The summed E-state index contributed by atoms with van der Waals surface area (Å²) >= 11 is 0.630. The summed E-state index contributed by atoms with van der Waals surface area (Å²) in [5, 5.41) is 11.0. The lowest BCUT2D eigenvalue weighted by atomic mass is 10.2. The number of hydrogen-bond donors (Lipinski definition) is 2. The molecule has 2 amide bonds. The Morgan fingerprint density at radius 2 is 1.71 bits per heavy atom. The second-order valence-electron chi connectivity index (χ2n) is 5.24. The van der Waals surface area contributed by atoms with Gasteiger partial charge >= 0.3 is 6.18 Å². The number of nitrogens with one attached hydrogen (secondary N) is 2. The third-order valence-electron chi connectivity index (χ3n) is 3.26. The van der Waals surface area contributed by atoms with Gasteiger partial charge in [-0.2, -0.15) is 13.2 Å². The lowest BCUT2D eigenvalue weighted by Crippen LogP contribution is -2.42. The highest BCUT2D eigenvalue weighted by atomic mass is 32.2. The zero-order valence-electron chi connectivity index (χ0n) is 13.7. The van der Waals surface area contributed by atoms with E-state index in [1.165, 1.54) is 12.1 Å². The average Bonchev–Trinajstić information content (AvgIpc) is 2.64. The molecule has 0 heterocycles. The van der Waals surface area contributed by atoms with E-state index in [0.29, 0.717) is 23.9 Å². The zero-order chi connectivity index (χ0) is 20.9. The molecule has 148 valence electrons. The summed E-state index contributed by atoms with van der Waals surface area (Å²) in [6, 6.07) is 6.44. The second-order valence-corrected chi connectivity index (χ2v) is 6.25. The van der Waals surface area contributed by atoms with Crippen LogP contribution in [0.25, 0.3) is 0 Å². The van der Waals surface area contributed by atoms with Crippen molar-refractivity contribution in [2.24, 2.45) is 0 Å². The maximum Gasteiger partial charge on any atom is 0.416 e. The van der Waals surface area contributed by atoms with Crippen LogP contribution in [-0.4, -0.2) is 22.5 Å². The third-order valence-corrected chi connectivity index (χ3v) is 4.33. The van der Waals surface area contributed by atoms with Crippen LogP contribution in [0.2, 0.25) is 0 Å². The number of halogens is 4. The molecule has 12 heteroatoms. The van der Waals surface area contributed by atoms with Gasteiger partial charge in [-0.25, -0.2) is 4.39 Å². The van der Waals surface area contributed by atoms with E-state index in [4.69, 9.17) is 0 Å². The number of rotatable bonds is 5. The number of carbonyl (C=O) groups is 2. The second kappa shape index (κ2) is 8.69. The van der Waals surface area contributed by atoms with Crippen molar-refractivity contribution < 1.29 is 32.1 Å². The lowest BCUT2D eigenvalue weighted by Gasteiger charge is -2.09. The van der Waals surface area contributed by atoms with Crippen LogP contribution >= 0.6 is 11.8 Å². The Morgan fingerprint density at radius 3 is 2.29 bits per heavy atom. The molecule has 0 unspecified atom stereocenters. The van der Waals surface area contributed by atoms with Gasteiger partial charge in [0.25, 0.3) is 11.6 Å². The molecule has 0 atom stereocenters. The van der Waals surface area contributed by atoms with E-state index < -0.39 is 45.7 Å². The topological polar surface area (TPSA) is 101 Å². The van der Waals surface area contributed by atoms with Gasteiger partial charge in [0.05, 0.1) is 21.1 Å². The molecule has 0 saturated carbocycles. The quantitative estimate of drug-likeness (QED) is 0.336. The molecule has 0 saturated heterocycles. The van der Waals surface area contributed by atoms with E-state index >= 15 is 0 Å². The van der Waals surface area contributed by atoms with E-state index in [1.54, 1.807) is 0 Å². The van der Waals surface area contributed by atoms with Gasteiger partial charge < -0.3 is 0 Å². The first-order valence-electron chi connectivity index (χ1n) is 7.41. The van der Waals surface area contributed by atoms with Gasteiger partial charge in [0, 0.05) is 11.6 Å². The van der Waals surface area contributed by atoms with Gasteiger partial charge in [0.15, 0.2) is 0 Å². The molecule has 0 spiro atoms. The minimum atomic E-state index is -4.74. The molecule has 0 aliphatic heterocycles. The molecule has 2 N–H and O–H groups in total. The first kappa shape index (κ1) is 21.2. The van der Waals surface area contributed by atoms with E-state index in [-0.39, 0.29) is 10.5 Å².